The Kier molecular flexibility index (Phi) is 9.66. The molecule has 0 aromatic heterocycles. The molecular formula is C20H31NO3. The van der Waals surface area contributed by atoms with Crippen LogP contribution >= 0.6 is 0 Å². The smallest absolute Gasteiger partial charge is 0.220 e. The van der Waals surface area contributed by atoms with E-state index in [0.29, 0.717) is 24.6 Å². The molecule has 0 bridgehead atoms. The zero-order chi connectivity index (χ0) is 17.8. The number of phenolic OH excluding ortho intramolecular Hbond substituents is 1. The molecule has 4 heteroatoms. The van der Waals surface area contributed by atoms with Crippen LogP contribution in [0.5, 0.6) is 11.5 Å². The summed E-state index contributed by atoms with van der Waals surface area (Å²) in [5.41, 5.74) is 0.911. The Hall–Kier alpha value is -1.97. The number of unbranched alkanes of at least 4 members (excludes halogenated alkanes) is 4. The topological polar surface area (TPSA) is 58.6 Å². The van der Waals surface area contributed by atoms with Crippen LogP contribution in [0.4, 0.5) is 0 Å². The molecule has 0 aliphatic carbocycles. The highest BCUT2D eigenvalue weighted by Crippen LogP contribution is 2.26. The molecule has 134 valence electrons. The van der Waals surface area contributed by atoms with E-state index < -0.39 is 0 Å². The van der Waals surface area contributed by atoms with Gasteiger partial charge in [0, 0.05) is 13.0 Å². The molecule has 0 spiro atoms. The molecular weight excluding hydrogens is 302 g/mol. The van der Waals surface area contributed by atoms with Crippen molar-refractivity contribution in [3.63, 3.8) is 0 Å². The first-order chi connectivity index (χ1) is 11.6. The number of amides is 1. The minimum atomic E-state index is 0.0716. The molecule has 2 N–H and O–H groups in total. The highest BCUT2D eigenvalue weighted by atomic mass is 16.5. The number of benzene rings is 1. The van der Waals surface area contributed by atoms with Crippen LogP contribution in [0.15, 0.2) is 30.9 Å². The Labute approximate surface area is 145 Å². The van der Waals surface area contributed by atoms with Crippen molar-refractivity contribution in [2.75, 3.05) is 7.11 Å². The number of allylic oxidation sites excluding steroid dienone is 1. The average molecular weight is 333 g/mol. The van der Waals surface area contributed by atoms with Gasteiger partial charge in [0.15, 0.2) is 11.5 Å². The Morgan fingerprint density at radius 3 is 2.71 bits per heavy atom. The Morgan fingerprint density at radius 1 is 1.29 bits per heavy atom. The predicted molar refractivity (Wildman–Crippen MR) is 98.2 cm³/mol. The van der Waals surface area contributed by atoms with Crippen LogP contribution in [-0.4, -0.2) is 18.1 Å². The lowest BCUT2D eigenvalue weighted by Crippen LogP contribution is -2.22. The highest BCUT2D eigenvalue weighted by Gasteiger charge is 2.05. The number of carbonyl (C=O) groups excluding carboxylic acids is 1. The molecule has 1 aromatic carbocycles. The summed E-state index contributed by atoms with van der Waals surface area (Å²) >= 11 is 0. The minimum Gasteiger partial charge on any atom is -0.504 e. The van der Waals surface area contributed by atoms with Crippen LogP contribution in [0.25, 0.3) is 0 Å². The summed E-state index contributed by atoms with van der Waals surface area (Å²) in [5.74, 6) is 1.21. The summed E-state index contributed by atoms with van der Waals surface area (Å²) in [6, 6.07) is 5.09. The molecule has 24 heavy (non-hydrogen) atoms. The molecule has 0 aliphatic heterocycles. The monoisotopic (exact) mass is 333 g/mol. The van der Waals surface area contributed by atoms with Gasteiger partial charge < -0.3 is 15.2 Å². The number of ether oxygens (including phenoxy) is 1. The third kappa shape index (κ3) is 8.04. The first-order valence-corrected chi connectivity index (χ1v) is 8.82. The molecule has 1 atom stereocenters. The fourth-order valence-corrected chi connectivity index (χ4v) is 2.52. The van der Waals surface area contributed by atoms with Crippen LogP contribution in [0.2, 0.25) is 0 Å². The van der Waals surface area contributed by atoms with Crippen molar-refractivity contribution in [2.24, 2.45) is 5.92 Å². The summed E-state index contributed by atoms with van der Waals surface area (Å²) in [6.07, 6.45) is 9.47. The second kappa shape index (κ2) is 11.5. The number of phenols is 1. The predicted octanol–water partition coefficient (Wildman–Crippen LogP) is 4.57. The molecule has 1 aromatic rings. The largest absolute Gasteiger partial charge is 0.504 e. The van der Waals surface area contributed by atoms with Gasteiger partial charge >= 0.3 is 0 Å². The second-order valence-electron chi connectivity index (χ2n) is 6.30. The van der Waals surface area contributed by atoms with Crippen molar-refractivity contribution < 1.29 is 14.6 Å². The van der Waals surface area contributed by atoms with Gasteiger partial charge in [0.05, 0.1) is 7.11 Å². The number of rotatable bonds is 12. The van der Waals surface area contributed by atoms with Crippen molar-refractivity contribution >= 4 is 5.91 Å². The van der Waals surface area contributed by atoms with Gasteiger partial charge in [0.2, 0.25) is 5.91 Å². The van der Waals surface area contributed by atoms with Crippen molar-refractivity contribution in [2.45, 2.75) is 58.4 Å². The fourth-order valence-electron chi connectivity index (χ4n) is 2.52. The Bertz CT molecular complexity index is 514. The van der Waals surface area contributed by atoms with E-state index >= 15 is 0 Å². The standard InChI is InChI=1S/C20H31NO3/c1-4-16(2)10-8-6-5-7-9-11-20(23)21-15-17-12-13-18(22)19(14-17)24-3/h4,12-14,16,22H,1,5-11,15H2,2-3H3,(H,21,23). The lowest BCUT2D eigenvalue weighted by atomic mass is 10.0. The van der Waals surface area contributed by atoms with Gasteiger partial charge in [-0.25, -0.2) is 0 Å². The summed E-state index contributed by atoms with van der Waals surface area (Å²) in [7, 11) is 1.51. The number of nitrogens with one attached hydrogen (secondary N) is 1. The van der Waals surface area contributed by atoms with E-state index in [1.807, 2.05) is 6.08 Å². The SMILES string of the molecule is C=CC(C)CCCCCCCC(=O)NCc1ccc(O)c(OC)c1. The maximum Gasteiger partial charge on any atom is 0.220 e. The van der Waals surface area contributed by atoms with Gasteiger partial charge in [-0.15, -0.1) is 6.58 Å². The minimum absolute atomic E-state index is 0.0716. The first kappa shape index (κ1) is 20.1. The third-order valence-corrected chi connectivity index (χ3v) is 4.20. The zero-order valence-electron chi connectivity index (χ0n) is 15.0. The Balaban J connectivity index is 2.11. The number of aromatic hydroxyl groups is 1. The highest BCUT2D eigenvalue weighted by molar-refractivity contribution is 5.75. The summed E-state index contributed by atoms with van der Waals surface area (Å²) in [5, 5.41) is 12.5. The van der Waals surface area contributed by atoms with Gasteiger partial charge in [-0.05, 0) is 36.5 Å². The van der Waals surface area contributed by atoms with E-state index in [2.05, 4.69) is 18.8 Å². The number of methoxy groups -OCH3 is 1. The van der Waals surface area contributed by atoms with Crippen molar-refractivity contribution in [3.8, 4) is 11.5 Å². The zero-order valence-corrected chi connectivity index (χ0v) is 15.0. The Morgan fingerprint density at radius 2 is 2.00 bits per heavy atom. The fraction of sp³-hybridized carbons (Fsp3) is 0.550. The summed E-state index contributed by atoms with van der Waals surface area (Å²) in [4.78, 5) is 11.9. The molecule has 1 rings (SSSR count). The molecule has 1 unspecified atom stereocenters. The van der Waals surface area contributed by atoms with Crippen molar-refractivity contribution in [1.29, 1.82) is 0 Å². The van der Waals surface area contributed by atoms with Crippen molar-refractivity contribution in [1.82, 2.24) is 5.32 Å². The molecule has 0 saturated heterocycles. The van der Waals surface area contributed by atoms with E-state index in [1.165, 1.54) is 32.8 Å². The average Bonchev–Trinajstić information content (AvgIpc) is 2.59. The molecule has 0 heterocycles. The maximum absolute atomic E-state index is 11.9. The second-order valence-corrected chi connectivity index (χ2v) is 6.30. The molecule has 0 radical (unpaired) electrons. The lowest BCUT2D eigenvalue weighted by Gasteiger charge is -2.08. The van der Waals surface area contributed by atoms with Gasteiger partial charge in [-0.3, -0.25) is 4.79 Å². The van der Waals surface area contributed by atoms with E-state index in [0.717, 1.165) is 18.4 Å². The third-order valence-electron chi connectivity index (χ3n) is 4.20. The van der Waals surface area contributed by atoms with Crippen LogP contribution in [0.3, 0.4) is 0 Å². The van der Waals surface area contributed by atoms with Gasteiger partial charge in [0.1, 0.15) is 0 Å². The molecule has 4 nitrogen and oxygen atoms in total. The number of carbonyl (C=O) groups is 1. The van der Waals surface area contributed by atoms with Crippen LogP contribution in [0.1, 0.15) is 57.4 Å². The molecule has 1 amide bonds. The normalized spacial score (nSPS) is 11.8. The molecule has 0 saturated carbocycles. The quantitative estimate of drug-likeness (QED) is 0.435. The van der Waals surface area contributed by atoms with E-state index in [-0.39, 0.29) is 11.7 Å². The van der Waals surface area contributed by atoms with Crippen LogP contribution in [0, 0.1) is 5.92 Å². The van der Waals surface area contributed by atoms with Gasteiger partial charge in [-0.2, -0.15) is 0 Å². The first-order valence-electron chi connectivity index (χ1n) is 8.82. The van der Waals surface area contributed by atoms with Crippen LogP contribution < -0.4 is 10.1 Å². The van der Waals surface area contributed by atoms with Gasteiger partial charge in [0.25, 0.3) is 0 Å². The van der Waals surface area contributed by atoms with E-state index in [9.17, 15) is 9.90 Å². The maximum atomic E-state index is 11.9. The summed E-state index contributed by atoms with van der Waals surface area (Å²) in [6.45, 7) is 6.45. The van der Waals surface area contributed by atoms with Crippen LogP contribution in [-0.2, 0) is 11.3 Å². The molecule has 0 aliphatic rings. The van der Waals surface area contributed by atoms with Gasteiger partial charge in [-0.1, -0.05) is 44.7 Å². The van der Waals surface area contributed by atoms with E-state index in [1.54, 1.807) is 18.2 Å². The van der Waals surface area contributed by atoms with Crippen molar-refractivity contribution in [3.05, 3.63) is 36.4 Å². The van der Waals surface area contributed by atoms with E-state index in [4.69, 9.17) is 4.74 Å². The molecule has 0 fully saturated rings. The summed E-state index contributed by atoms with van der Waals surface area (Å²) < 4.78 is 5.06. The number of hydrogen-bond acceptors (Lipinski definition) is 3. The lowest BCUT2D eigenvalue weighted by molar-refractivity contribution is -0.121. The number of hydrogen-bond donors (Lipinski definition) is 2.